The summed E-state index contributed by atoms with van der Waals surface area (Å²) in [6, 6.07) is 4.05. The maximum atomic E-state index is 5.70. The zero-order valence-corrected chi connectivity index (χ0v) is 11.1. The van der Waals surface area contributed by atoms with Gasteiger partial charge in [-0.3, -0.25) is 0 Å². The molecule has 0 aliphatic carbocycles. The Hall–Kier alpha value is -1.29. The second-order valence-corrected chi connectivity index (χ2v) is 4.22. The summed E-state index contributed by atoms with van der Waals surface area (Å²) in [5, 5.41) is 3.34. The Bertz CT molecular complexity index is 329. The Morgan fingerprint density at radius 2 is 2.18 bits per heavy atom. The Morgan fingerprint density at radius 1 is 1.41 bits per heavy atom. The van der Waals surface area contributed by atoms with Crippen LogP contribution in [-0.2, 0) is 4.74 Å². The molecule has 0 saturated heterocycles. The number of hydrogen-bond donors (Lipinski definition) is 1. The summed E-state index contributed by atoms with van der Waals surface area (Å²) < 4.78 is 10.9. The summed E-state index contributed by atoms with van der Waals surface area (Å²) in [7, 11) is 1.70. The maximum Gasteiger partial charge on any atom is 0.169 e. The average molecular weight is 238 g/mol. The van der Waals surface area contributed by atoms with E-state index in [1.54, 1.807) is 13.3 Å². The first-order valence-corrected chi connectivity index (χ1v) is 6.04. The van der Waals surface area contributed by atoms with Crippen LogP contribution in [0.15, 0.2) is 18.3 Å². The molecular formula is C13H22N2O2. The largest absolute Gasteiger partial charge is 0.487 e. The molecule has 0 spiro atoms. The van der Waals surface area contributed by atoms with Crippen LogP contribution < -0.4 is 10.1 Å². The van der Waals surface area contributed by atoms with Gasteiger partial charge in [0.15, 0.2) is 11.6 Å². The molecule has 1 rings (SSSR count). The van der Waals surface area contributed by atoms with Gasteiger partial charge in [-0.15, -0.1) is 0 Å². The Morgan fingerprint density at radius 3 is 2.76 bits per heavy atom. The number of aromatic nitrogens is 1. The molecule has 96 valence electrons. The molecule has 0 aliphatic heterocycles. The van der Waals surface area contributed by atoms with Gasteiger partial charge in [0.05, 0.1) is 18.8 Å². The van der Waals surface area contributed by atoms with Crippen molar-refractivity contribution in [3.8, 4) is 5.75 Å². The lowest BCUT2D eigenvalue weighted by molar-refractivity contribution is 0.184. The summed E-state index contributed by atoms with van der Waals surface area (Å²) in [6.45, 7) is 6.78. The third-order valence-electron chi connectivity index (χ3n) is 2.33. The molecule has 0 radical (unpaired) electrons. The molecule has 1 aromatic rings. The number of hydrogen-bond acceptors (Lipinski definition) is 4. The molecule has 0 fully saturated rings. The Kier molecular flexibility index (Phi) is 5.77. The molecule has 0 bridgehead atoms. The second kappa shape index (κ2) is 7.12. The van der Waals surface area contributed by atoms with Crippen molar-refractivity contribution in [2.75, 3.05) is 19.0 Å². The average Bonchev–Trinajstić information content (AvgIpc) is 2.30. The van der Waals surface area contributed by atoms with E-state index in [1.165, 1.54) is 0 Å². The van der Waals surface area contributed by atoms with Crippen LogP contribution >= 0.6 is 0 Å². The van der Waals surface area contributed by atoms with Crippen molar-refractivity contribution in [3.63, 3.8) is 0 Å². The van der Waals surface area contributed by atoms with E-state index >= 15 is 0 Å². The molecule has 0 amide bonds. The van der Waals surface area contributed by atoms with E-state index in [4.69, 9.17) is 9.47 Å². The lowest BCUT2D eigenvalue weighted by Gasteiger charge is -2.19. The van der Waals surface area contributed by atoms with E-state index in [2.05, 4.69) is 17.2 Å². The highest BCUT2D eigenvalue weighted by Gasteiger charge is 2.11. The minimum Gasteiger partial charge on any atom is -0.487 e. The predicted octanol–water partition coefficient (Wildman–Crippen LogP) is 2.71. The summed E-state index contributed by atoms with van der Waals surface area (Å²) in [6.07, 6.45) is 2.88. The predicted molar refractivity (Wildman–Crippen MR) is 69.6 cm³/mol. The van der Waals surface area contributed by atoms with Gasteiger partial charge in [0.25, 0.3) is 0 Å². The summed E-state index contributed by atoms with van der Waals surface area (Å²) in [4.78, 5) is 4.31. The topological polar surface area (TPSA) is 43.4 Å². The fourth-order valence-corrected chi connectivity index (χ4v) is 1.50. The van der Waals surface area contributed by atoms with Gasteiger partial charge >= 0.3 is 0 Å². The lowest BCUT2D eigenvalue weighted by atomic mass is 10.2. The molecule has 0 aromatic carbocycles. The second-order valence-electron chi connectivity index (χ2n) is 4.22. The van der Waals surface area contributed by atoms with Crippen LogP contribution in [-0.4, -0.2) is 30.8 Å². The SMILES string of the molecule is CCC(COC)Nc1ncccc1OC(C)C. The van der Waals surface area contributed by atoms with Crippen molar-refractivity contribution in [1.82, 2.24) is 4.98 Å². The number of nitrogens with zero attached hydrogens (tertiary/aromatic N) is 1. The van der Waals surface area contributed by atoms with Gasteiger partial charge < -0.3 is 14.8 Å². The summed E-state index contributed by atoms with van der Waals surface area (Å²) in [5.74, 6) is 1.57. The van der Waals surface area contributed by atoms with Crippen LogP contribution in [0.2, 0.25) is 0 Å². The first-order valence-electron chi connectivity index (χ1n) is 6.04. The van der Waals surface area contributed by atoms with E-state index in [9.17, 15) is 0 Å². The van der Waals surface area contributed by atoms with Crippen molar-refractivity contribution < 1.29 is 9.47 Å². The molecule has 4 heteroatoms. The molecule has 1 heterocycles. The zero-order valence-electron chi connectivity index (χ0n) is 11.1. The van der Waals surface area contributed by atoms with Crippen molar-refractivity contribution >= 4 is 5.82 Å². The molecule has 1 N–H and O–H groups in total. The van der Waals surface area contributed by atoms with Crippen LogP contribution in [0.5, 0.6) is 5.75 Å². The molecular weight excluding hydrogens is 216 g/mol. The lowest BCUT2D eigenvalue weighted by Crippen LogP contribution is -2.25. The highest BCUT2D eigenvalue weighted by atomic mass is 16.5. The smallest absolute Gasteiger partial charge is 0.169 e. The molecule has 1 aromatic heterocycles. The van der Waals surface area contributed by atoms with Gasteiger partial charge in [-0.2, -0.15) is 0 Å². The number of nitrogens with one attached hydrogen (secondary N) is 1. The summed E-state index contributed by atoms with van der Waals surface area (Å²) >= 11 is 0. The van der Waals surface area contributed by atoms with Crippen LogP contribution in [0.25, 0.3) is 0 Å². The Balaban J connectivity index is 2.74. The molecule has 1 atom stereocenters. The van der Waals surface area contributed by atoms with Gasteiger partial charge in [-0.05, 0) is 32.4 Å². The third kappa shape index (κ3) is 4.61. The minimum atomic E-state index is 0.141. The molecule has 0 saturated carbocycles. The van der Waals surface area contributed by atoms with Crippen LogP contribution in [0.4, 0.5) is 5.82 Å². The summed E-state index contributed by atoms with van der Waals surface area (Å²) in [5.41, 5.74) is 0. The maximum absolute atomic E-state index is 5.70. The zero-order chi connectivity index (χ0) is 12.7. The van der Waals surface area contributed by atoms with E-state index in [1.807, 2.05) is 26.0 Å². The number of pyridine rings is 1. The molecule has 4 nitrogen and oxygen atoms in total. The van der Waals surface area contributed by atoms with Crippen LogP contribution in [0, 0.1) is 0 Å². The van der Waals surface area contributed by atoms with Crippen molar-refractivity contribution in [2.45, 2.75) is 39.3 Å². The minimum absolute atomic E-state index is 0.141. The molecule has 1 unspecified atom stereocenters. The van der Waals surface area contributed by atoms with Gasteiger partial charge in [0.2, 0.25) is 0 Å². The Labute approximate surface area is 103 Å². The van der Waals surface area contributed by atoms with E-state index in [-0.39, 0.29) is 12.1 Å². The number of rotatable bonds is 7. The molecule has 0 aliphatic rings. The van der Waals surface area contributed by atoms with Gasteiger partial charge in [-0.1, -0.05) is 6.92 Å². The number of ether oxygens (including phenoxy) is 2. The van der Waals surface area contributed by atoms with Crippen molar-refractivity contribution in [1.29, 1.82) is 0 Å². The van der Waals surface area contributed by atoms with Gasteiger partial charge in [0, 0.05) is 13.3 Å². The van der Waals surface area contributed by atoms with Crippen LogP contribution in [0.1, 0.15) is 27.2 Å². The fraction of sp³-hybridized carbons (Fsp3) is 0.615. The standard InChI is InChI=1S/C13H22N2O2/c1-5-11(9-16-4)15-13-12(17-10(2)3)7-6-8-14-13/h6-8,10-11H,5,9H2,1-4H3,(H,14,15). The van der Waals surface area contributed by atoms with Crippen LogP contribution in [0.3, 0.4) is 0 Å². The number of methoxy groups -OCH3 is 1. The normalized spacial score (nSPS) is 12.5. The van der Waals surface area contributed by atoms with Gasteiger partial charge in [0.1, 0.15) is 0 Å². The quantitative estimate of drug-likeness (QED) is 0.793. The van der Waals surface area contributed by atoms with Crippen molar-refractivity contribution in [2.24, 2.45) is 0 Å². The molecule has 17 heavy (non-hydrogen) atoms. The monoisotopic (exact) mass is 238 g/mol. The fourth-order valence-electron chi connectivity index (χ4n) is 1.50. The van der Waals surface area contributed by atoms with E-state index in [0.717, 1.165) is 18.0 Å². The highest BCUT2D eigenvalue weighted by Crippen LogP contribution is 2.23. The van der Waals surface area contributed by atoms with Crippen molar-refractivity contribution in [3.05, 3.63) is 18.3 Å². The van der Waals surface area contributed by atoms with E-state index in [0.29, 0.717) is 6.61 Å². The third-order valence-corrected chi connectivity index (χ3v) is 2.33. The first-order chi connectivity index (χ1) is 8.17. The first kappa shape index (κ1) is 13.8. The number of anilines is 1. The highest BCUT2D eigenvalue weighted by molar-refractivity contribution is 5.50. The van der Waals surface area contributed by atoms with Gasteiger partial charge in [-0.25, -0.2) is 4.98 Å². The van der Waals surface area contributed by atoms with E-state index < -0.39 is 0 Å².